The third kappa shape index (κ3) is 6.35. The third-order valence-electron chi connectivity index (χ3n) is 3.65. The number of thioether (sulfide) groups is 1. The van der Waals surface area contributed by atoms with Crippen LogP contribution in [0.1, 0.15) is 11.5 Å². The van der Waals surface area contributed by atoms with Crippen LogP contribution in [0.5, 0.6) is 0 Å². The number of hydrogen-bond acceptors (Lipinski definition) is 6. The summed E-state index contributed by atoms with van der Waals surface area (Å²) in [5, 5.41) is 2.95. The molecule has 0 spiro atoms. The molecule has 1 aliphatic rings. The summed E-state index contributed by atoms with van der Waals surface area (Å²) in [7, 11) is 4.04. The Labute approximate surface area is 147 Å². The standard InChI is InChI=1S/C16H28N4O3S/c1-19(2)10-13-3-4-14(23-13)12-24-8-5-18-16(21)20-6-7-22-15(9-17)11-20/h3-4,15H,5-12,17H2,1-2H3,(H,18,21). The van der Waals surface area contributed by atoms with Crippen LogP contribution in [0, 0.1) is 0 Å². The molecule has 0 radical (unpaired) electrons. The summed E-state index contributed by atoms with van der Waals surface area (Å²) in [6, 6.07) is 4.00. The van der Waals surface area contributed by atoms with Crippen LogP contribution >= 0.6 is 11.8 Å². The predicted octanol–water partition coefficient (Wildman–Crippen LogP) is 0.944. The van der Waals surface area contributed by atoms with E-state index in [1.54, 1.807) is 16.7 Å². The summed E-state index contributed by atoms with van der Waals surface area (Å²) in [5.74, 6) is 3.61. The summed E-state index contributed by atoms with van der Waals surface area (Å²) in [6.45, 7) is 3.63. The molecule has 7 nitrogen and oxygen atoms in total. The molecule has 1 fully saturated rings. The van der Waals surface area contributed by atoms with Crippen LogP contribution in [0.4, 0.5) is 4.79 Å². The maximum absolute atomic E-state index is 12.1. The fourth-order valence-corrected chi connectivity index (χ4v) is 3.20. The van der Waals surface area contributed by atoms with Crippen LogP contribution in [0.3, 0.4) is 0 Å². The van der Waals surface area contributed by atoms with Crippen LogP contribution in [-0.4, -0.2) is 74.6 Å². The molecule has 0 saturated carbocycles. The summed E-state index contributed by atoms with van der Waals surface area (Å²) in [6.07, 6.45) is -0.0470. The Morgan fingerprint density at radius 3 is 3.00 bits per heavy atom. The van der Waals surface area contributed by atoms with Gasteiger partial charge in [0.1, 0.15) is 11.5 Å². The first-order chi connectivity index (χ1) is 11.6. The van der Waals surface area contributed by atoms with E-state index in [0.29, 0.717) is 32.8 Å². The summed E-state index contributed by atoms with van der Waals surface area (Å²) in [5.41, 5.74) is 5.59. The Balaban J connectivity index is 1.59. The second kappa shape index (κ2) is 9.93. The van der Waals surface area contributed by atoms with Gasteiger partial charge in [0.05, 0.1) is 25.0 Å². The predicted molar refractivity (Wildman–Crippen MR) is 96.0 cm³/mol. The fraction of sp³-hybridized carbons (Fsp3) is 0.688. The average molecular weight is 356 g/mol. The maximum Gasteiger partial charge on any atom is 0.317 e. The molecule has 0 aromatic carbocycles. The van der Waals surface area contributed by atoms with Crippen molar-refractivity contribution in [3.05, 3.63) is 23.7 Å². The van der Waals surface area contributed by atoms with Crippen LogP contribution in [0.15, 0.2) is 16.5 Å². The van der Waals surface area contributed by atoms with Crippen molar-refractivity contribution in [1.29, 1.82) is 0 Å². The Hall–Kier alpha value is -1.22. The number of ether oxygens (including phenoxy) is 1. The number of nitrogens with two attached hydrogens (primary N) is 1. The van der Waals surface area contributed by atoms with Gasteiger partial charge in [-0.05, 0) is 26.2 Å². The van der Waals surface area contributed by atoms with E-state index >= 15 is 0 Å². The molecule has 136 valence electrons. The Morgan fingerprint density at radius 1 is 1.46 bits per heavy atom. The molecule has 1 saturated heterocycles. The van der Waals surface area contributed by atoms with E-state index in [1.807, 2.05) is 26.2 Å². The fourth-order valence-electron chi connectivity index (χ4n) is 2.46. The molecule has 2 rings (SSSR count). The minimum absolute atomic E-state index is 0.0383. The Morgan fingerprint density at radius 2 is 2.25 bits per heavy atom. The van der Waals surface area contributed by atoms with Gasteiger partial charge < -0.3 is 30.0 Å². The Bertz CT molecular complexity index is 509. The second-order valence-corrected chi connectivity index (χ2v) is 7.17. The zero-order chi connectivity index (χ0) is 17.4. The molecule has 3 N–H and O–H groups in total. The van der Waals surface area contributed by atoms with Crippen LogP contribution in [0.2, 0.25) is 0 Å². The van der Waals surface area contributed by atoms with Crippen molar-refractivity contribution in [2.24, 2.45) is 5.73 Å². The number of rotatable bonds is 8. The molecule has 1 aliphatic heterocycles. The summed E-state index contributed by atoms with van der Waals surface area (Å²) >= 11 is 1.75. The molecule has 1 atom stereocenters. The van der Waals surface area contributed by atoms with Crippen molar-refractivity contribution in [2.75, 3.05) is 52.6 Å². The van der Waals surface area contributed by atoms with Gasteiger partial charge in [-0.3, -0.25) is 0 Å². The van der Waals surface area contributed by atoms with E-state index in [-0.39, 0.29) is 12.1 Å². The molecule has 1 aromatic heterocycles. The topological polar surface area (TPSA) is 84.0 Å². The highest BCUT2D eigenvalue weighted by atomic mass is 32.2. The molecule has 0 aliphatic carbocycles. The number of morpholine rings is 1. The lowest BCUT2D eigenvalue weighted by molar-refractivity contribution is -0.00850. The van der Waals surface area contributed by atoms with Crippen molar-refractivity contribution in [3.63, 3.8) is 0 Å². The SMILES string of the molecule is CN(C)Cc1ccc(CSCCNC(=O)N2CCOC(CN)C2)o1. The maximum atomic E-state index is 12.1. The van der Waals surface area contributed by atoms with Gasteiger partial charge in [-0.25, -0.2) is 4.79 Å². The van der Waals surface area contributed by atoms with Crippen molar-refractivity contribution >= 4 is 17.8 Å². The smallest absolute Gasteiger partial charge is 0.317 e. The van der Waals surface area contributed by atoms with Crippen molar-refractivity contribution in [2.45, 2.75) is 18.4 Å². The molecule has 24 heavy (non-hydrogen) atoms. The number of carbonyl (C=O) groups is 1. The molecular weight excluding hydrogens is 328 g/mol. The number of furan rings is 1. The lowest BCUT2D eigenvalue weighted by Gasteiger charge is -2.32. The zero-order valence-corrected chi connectivity index (χ0v) is 15.3. The lowest BCUT2D eigenvalue weighted by atomic mass is 10.3. The van der Waals surface area contributed by atoms with Gasteiger partial charge in [-0.15, -0.1) is 0 Å². The number of urea groups is 1. The first-order valence-corrected chi connectivity index (χ1v) is 9.38. The molecule has 8 heteroatoms. The minimum Gasteiger partial charge on any atom is -0.464 e. The van der Waals surface area contributed by atoms with E-state index < -0.39 is 0 Å². The lowest BCUT2D eigenvalue weighted by Crippen LogP contribution is -2.51. The van der Waals surface area contributed by atoms with Gasteiger partial charge in [0.2, 0.25) is 0 Å². The van der Waals surface area contributed by atoms with Gasteiger partial charge in [-0.1, -0.05) is 0 Å². The molecule has 1 aromatic rings. The summed E-state index contributed by atoms with van der Waals surface area (Å²) < 4.78 is 11.2. The van der Waals surface area contributed by atoms with E-state index in [2.05, 4.69) is 10.2 Å². The molecule has 2 heterocycles. The minimum atomic E-state index is -0.0470. The van der Waals surface area contributed by atoms with E-state index in [0.717, 1.165) is 29.6 Å². The van der Waals surface area contributed by atoms with Gasteiger partial charge in [0, 0.05) is 31.9 Å². The monoisotopic (exact) mass is 356 g/mol. The molecule has 0 bridgehead atoms. The molecule has 2 amide bonds. The van der Waals surface area contributed by atoms with Crippen molar-refractivity contribution in [1.82, 2.24) is 15.1 Å². The van der Waals surface area contributed by atoms with Crippen LogP contribution in [0.25, 0.3) is 0 Å². The average Bonchev–Trinajstić information content (AvgIpc) is 3.01. The van der Waals surface area contributed by atoms with Crippen molar-refractivity contribution in [3.8, 4) is 0 Å². The van der Waals surface area contributed by atoms with E-state index in [4.69, 9.17) is 14.9 Å². The highest BCUT2D eigenvalue weighted by Gasteiger charge is 2.22. The largest absolute Gasteiger partial charge is 0.464 e. The van der Waals surface area contributed by atoms with Gasteiger partial charge >= 0.3 is 6.03 Å². The highest BCUT2D eigenvalue weighted by molar-refractivity contribution is 7.98. The van der Waals surface area contributed by atoms with Crippen LogP contribution in [-0.2, 0) is 17.0 Å². The normalized spacial score (nSPS) is 18.2. The van der Waals surface area contributed by atoms with Gasteiger partial charge in [-0.2, -0.15) is 11.8 Å². The second-order valence-electron chi connectivity index (χ2n) is 6.06. The summed E-state index contributed by atoms with van der Waals surface area (Å²) in [4.78, 5) is 15.9. The van der Waals surface area contributed by atoms with Gasteiger partial charge in [0.25, 0.3) is 0 Å². The number of hydrogen-bond donors (Lipinski definition) is 2. The first-order valence-electron chi connectivity index (χ1n) is 8.23. The van der Waals surface area contributed by atoms with E-state index in [9.17, 15) is 4.79 Å². The number of amides is 2. The third-order valence-corrected chi connectivity index (χ3v) is 4.63. The zero-order valence-electron chi connectivity index (χ0n) is 14.5. The Kier molecular flexibility index (Phi) is 7.90. The van der Waals surface area contributed by atoms with Gasteiger partial charge in [0.15, 0.2) is 0 Å². The number of nitrogens with zero attached hydrogens (tertiary/aromatic N) is 2. The van der Waals surface area contributed by atoms with E-state index in [1.165, 1.54) is 0 Å². The number of carbonyl (C=O) groups excluding carboxylic acids is 1. The number of nitrogens with one attached hydrogen (secondary N) is 1. The highest BCUT2D eigenvalue weighted by Crippen LogP contribution is 2.16. The molecular formula is C16H28N4O3S. The first kappa shape index (κ1) is 19.1. The quantitative estimate of drug-likeness (QED) is 0.675. The van der Waals surface area contributed by atoms with Crippen molar-refractivity contribution < 1.29 is 13.9 Å². The van der Waals surface area contributed by atoms with Crippen LogP contribution < -0.4 is 11.1 Å². The molecule has 1 unspecified atom stereocenters.